The molecule has 2 aromatic carbocycles. The van der Waals surface area contributed by atoms with E-state index in [4.69, 9.17) is 9.94 Å². The molecule has 0 saturated carbocycles. The minimum absolute atomic E-state index is 0.0103. The minimum Gasteiger partial charge on any atom is -0.599 e. The molecule has 160 valence electrons. The minimum atomic E-state index is -1.94. The number of amides is 1. The number of ketones is 1. The number of hydroxylamine groups is 2. The average Bonchev–Trinajstić information content (AvgIpc) is 3.28. The average molecular weight is 446 g/mol. The molecule has 31 heavy (non-hydrogen) atoms. The Labute approximate surface area is 177 Å². The second kappa shape index (κ2) is 8.09. The number of benzene rings is 2. The summed E-state index contributed by atoms with van der Waals surface area (Å²) in [6.07, 6.45) is -1.44. The Morgan fingerprint density at radius 3 is 2.65 bits per heavy atom. The summed E-state index contributed by atoms with van der Waals surface area (Å²) in [7, 11) is 0. The van der Waals surface area contributed by atoms with Crippen molar-refractivity contribution in [2.45, 2.75) is 12.1 Å². The highest BCUT2D eigenvalue weighted by Crippen LogP contribution is 2.33. The number of carbonyl (C=O) groups excluding carboxylic acids is 3. The van der Waals surface area contributed by atoms with E-state index in [1.165, 1.54) is 30.3 Å². The van der Waals surface area contributed by atoms with E-state index in [0.717, 1.165) is 11.3 Å². The van der Waals surface area contributed by atoms with Gasteiger partial charge in [0.05, 0.1) is 15.8 Å². The van der Waals surface area contributed by atoms with Crippen molar-refractivity contribution < 1.29 is 40.0 Å². The Bertz CT molecular complexity index is 1190. The van der Waals surface area contributed by atoms with Crippen LogP contribution in [0.1, 0.15) is 22.0 Å². The summed E-state index contributed by atoms with van der Waals surface area (Å²) in [5.74, 6) is -3.33. The first-order valence-corrected chi connectivity index (χ1v) is 9.59. The van der Waals surface area contributed by atoms with E-state index in [2.05, 4.69) is 10.3 Å². The molecular formula is C18H14N4O8S. The number of cyclic esters (lactones) is 1. The van der Waals surface area contributed by atoms with Gasteiger partial charge in [-0.25, -0.2) is 25.4 Å². The number of nitrogens with zero attached hydrogens (tertiary/aromatic N) is 1. The molecule has 0 fully saturated rings. The van der Waals surface area contributed by atoms with Crippen LogP contribution >= 0.6 is 11.3 Å². The van der Waals surface area contributed by atoms with Gasteiger partial charge in [0.1, 0.15) is 0 Å². The molecule has 0 spiro atoms. The third kappa shape index (κ3) is 3.89. The number of esters is 1. The molecule has 4 atom stereocenters. The Morgan fingerprint density at radius 2 is 1.94 bits per heavy atom. The van der Waals surface area contributed by atoms with Crippen LogP contribution in [0.2, 0.25) is 0 Å². The molecule has 4 rings (SSSR count). The van der Waals surface area contributed by atoms with Crippen molar-refractivity contribution in [3.8, 4) is 0 Å². The van der Waals surface area contributed by atoms with Gasteiger partial charge < -0.3 is 15.2 Å². The summed E-state index contributed by atoms with van der Waals surface area (Å²) in [4.78, 5) is 41.2. The molecular weight excluding hydrogens is 432 g/mol. The van der Waals surface area contributed by atoms with Gasteiger partial charge in [0.25, 0.3) is 11.7 Å². The van der Waals surface area contributed by atoms with Gasteiger partial charge in [-0.2, -0.15) is 5.23 Å². The Hall–Kier alpha value is -3.30. The third-order valence-corrected chi connectivity index (χ3v) is 5.59. The van der Waals surface area contributed by atoms with Crippen LogP contribution in [0.3, 0.4) is 0 Å². The van der Waals surface area contributed by atoms with Crippen LogP contribution in [-0.2, 0) is 14.3 Å². The van der Waals surface area contributed by atoms with Crippen LogP contribution < -0.4 is 15.8 Å². The third-order valence-electron chi connectivity index (χ3n) is 4.65. The molecule has 1 aliphatic rings. The van der Waals surface area contributed by atoms with E-state index < -0.39 is 40.3 Å². The zero-order chi connectivity index (χ0) is 22.3. The first-order valence-electron chi connectivity index (χ1n) is 8.78. The van der Waals surface area contributed by atoms with E-state index in [1.54, 1.807) is 12.1 Å². The topological polar surface area (TPSA) is 181 Å². The van der Waals surface area contributed by atoms with Gasteiger partial charge in [-0.3, -0.25) is 14.9 Å². The van der Waals surface area contributed by atoms with E-state index >= 15 is 0 Å². The van der Waals surface area contributed by atoms with Crippen molar-refractivity contribution in [2.24, 2.45) is 0 Å². The summed E-state index contributed by atoms with van der Waals surface area (Å²) in [6, 6.07) is 8.23. The fourth-order valence-electron chi connectivity index (χ4n) is 3.21. The van der Waals surface area contributed by atoms with Crippen molar-refractivity contribution in [3.63, 3.8) is 0 Å². The zero-order valence-corrected chi connectivity index (χ0v) is 16.2. The maximum absolute atomic E-state index is 12.7. The van der Waals surface area contributed by atoms with E-state index in [-0.39, 0.29) is 21.9 Å². The quantitative estimate of drug-likeness (QED) is 0.185. The molecule has 0 radical (unpaired) electrons. The van der Waals surface area contributed by atoms with Gasteiger partial charge >= 0.3 is 5.97 Å². The molecule has 1 amide bonds. The van der Waals surface area contributed by atoms with Gasteiger partial charge in [-0.15, -0.1) is 0 Å². The predicted octanol–water partition coefficient (Wildman–Crippen LogP) is -0.740. The summed E-state index contributed by atoms with van der Waals surface area (Å²) in [6.45, 7) is 0. The number of hydrogen-bond acceptors (Lipinski definition) is 10. The number of fused-ring (bicyclic) bond motifs is 2. The molecule has 0 saturated heterocycles. The standard InChI is InChI=1S/C18H14N4O8S/c23-14(13(22(28)29)15-9-3-1-2-4-10(9)17(25)30-15)16(24)20-18-19-11-6-5-8(21(26)27)7-12(11)31-18/h1-7,13,15,21-22,26,28H,(H,19,20,24). The highest BCUT2D eigenvalue weighted by molar-refractivity contribution is 7.22. The summed E-state index contributed by atoms with van der Waals surface area (Å²) < 4.78 is 5.53. The largest absolute Gasteiger partial charge is 0.599 e. The van der Waals surface area contributed by atoms with E-state index in [9.17, 15) is 30.0 Å². The van der Waals surface area contributed by atoms with Crippen LogP contribution in [0.15, 0.2) is 42.5 Å². The van der Waals surface area contributed by atoms with Crippen molar-refractivity contribution in [3.05, 3.63) is 64.0 Å². The number of hydrogen-bond donors (Lipinski definition) is 5. The van der Waals surface area contributed by atoms with Crippen LogP contribution in [0, 0.1) is 10.4 Å². The normalized spacial score (nSPS) is 18.2. The lowest BCUT2D eigenvalue weighted by Gasteiger charge is -2.26. The van der Waals surface area contributed by atoms with Crippen molar-refractivity contribution in [1.82, 2.24) is 4.98 Å². The maximum Gasteiger partial charge on any atom is 0.339 e. The molecule has 1 aromatic heterocycles. The molecule has 4 unspecified atom stereocenters. The highest BCUT2D eigenvalue weighted by Gasteiger charge is 2.46. The van der Waals surface area contributed by atoms with E-state index in [0.29, 0.717) is 10.2 Å². The van der Waals surface area contributed by atoms with Crippen LogP contribution in [0.4, 0.5) is 10.8 Å². The Balaban J connectivity index is 1.57. The molecule has 3 aromatic rings. The molecule has 12 nitrogen and oxygen atoms in total. The van der Waals surface area contributed by atoms with Gasteiger partial charge in [-0.05, 0) is 12.1 Å². The smallest absolute Gasteiger partial charge is 0.339 e. The number of anilines is 1. The van der Waals surface area contributed by atoms with Gasteiger partial charge in [0.15, 0.2) is 16.9 Å². The number of thiazole rings is 1. The van der Waals surface area contributed by atoms with Crippen LogP contribution in [-0.4, -0.2) is 39.1 Å². The molecule has 0 aliphatic carbocycles. The summed E-state index contributed by atoms with van der Waals surface area (Å²) in [5.41, 5.74) is 0.763. The number of carbonyl (C=O) groups is 3. The number of nitrogens with one attached hydrogen (secondary N) is 3. The number of rotatable bonds is 6. The monoisotopic (exact) mass is 446 g/mol. The first kappa shape index (κ1) is 21.0. The lowest BCUT2D eigenvalue weighted by atomic mass is 9.97. The molecule has 1 aliphatic heterocycles. The van der Waals surface area contributed by atoms with Gasteiger partial charge in [0, 0.05) is 17.7 Å². The zero-order valence-electron chi connectivity index (χ0n) is 15.4. The van der Waals surface area contributed by atoms with Gasteiger partial charge in [-0.1, -0.05) is 29.5 Å². The number of ether oxygens (including phenoxy) is 1. The van der Waals surface area contributed by atoms with Crippen molar-refractivity contribution in [1.29, 1.82) is 0 Å². The second-order valence-electron chi connectivity index (χ2n) is 6.55. The fourth-order valence-corrected chi connectivity index (χ4v) is 4.11. The molecule has 13 heteroatoms. The van der Waals surface area contributed by atoms with Crippen molar-refractivity contribution >= 4 is 50.0 Å². The Morgan fingerprint density at radius 1 is 1.19 bits per heavy atom. The lowest BCUT2D eigenvalue weighted by molar-refractivity contribution is -1.06. The van der Waals surface area contributed by atoms with Crippen LogP contribution in [0.5, 0.6) is 0 Å². The maximum atomic E-state index is 12.7. The van der Waals surface area contributed by atoms with Crippen LogP contribution in [0.25, 0.3) is 10.2 Å². The number of Topliss-reactive ketones (excluding diaryl/α,β-unsaturated/α-hetero) is 1. The lowest BCUT2D eigenvalue weighted by Crippen LogP contribution is -3.11. The number of aromatic nitrogens is 1. The molecule has 0 bridgehead atoms. The highest BCUT2D eigenvalue weighted by atomic mass is 32.1. The number of quaternary nitrogens is 2. The van der Waals surface area contributed by atoms with Gasteiger partial charge in [0.2, 0.25) is 6.04 Å². The predicted molar refractivity (Wildman–Crippen MR) is 104 cm³/mol. The fraction of sp³-hybridized carbons (Fsp3) is 0.111. The summed E-state index contributed by atoms with van der Waals surface area (Å²) >= 11 is 0.925. The molecule has 5 N–H and O–H groups in total. The Kier molecular flexibility index (Phi) is 5.47. The second-order valence-corrected chi connectivity index (χ2v) is 7.58. The van der Waals surface area contributed by atoms with Crippen molar-refractivity contribution in [2.75, 3.05) is 5.32 Å². The summed E-state index contributed by atoms with van der Waals surface area (Å²) in [5, 5.41) is 41.0. The SMILES string of the molecule is O=C(Nc1nc2ccc([NH+]([O-])O)cc2s1)C(=O)C(C1OC(=O)c2ccccc21)[NH+]([O-])O. The first-order chi connectivity index (χ1) is 14.8. The molecule has 2 heterocycles. The van der Waals surface area contributed by atoms with E-state index in [1.807, 2.05) is 0 Å².